The summed E-state index contributed by atoms with van der Waals surface area (Å²) in [5.41, 5.74) is 0. The Morgan fingerprint density at radius 2 is 2.13 bits per heavy atom. The fourth-order valence-corrected chi connectivity index (χ4v) is 2.34. The molecular weight excluding hydrogens is 210 g/mol. The molecule has 0 radical (unpaired) electrons. The summed E-state index contributed by atoms with van der Waals surface area (Å²) in [4.78, 5) is 6.69. The molecule has 1 aliphatic heterocycles. The average molecular weight is 227 g/mol. The second-order valence-electron chi connectivity index (χ2n) is 3.76. The van der Waals surface area contributed by atoms with Crippen molar-refractivity contribution in [2.24, 2.45) is 0 Å². The van der Waals surface area contributed by atoms with Gasteiger partial charge in [-0.1, -0.05) is 6.92 Å². The Morgan fingerprint density at radius 1 is 1.33 bits per heavy atom. The first-order chi connectivity index (χ1) is 7.40. The lowest BCUT2D eigenvalue weighted by molar-refractivity contribution is 0.296. The molecule has 4 nitrogen and oxygen atoms in total. The Morgan fingerprint density at radius 3 is 2.87 bits per heavy atom. The Labute approximate surface area is 94.4 Å². The molecule has 0 saturated carbocycles. The smallest absolute Gasteiger partial charge is 0.330 e. The van der Waals surface area contributed by atoms with Crippen molar-refractivity contribution < 1.29 is 4.74 Å². The quantitative estimate of drug-likeness (QED) is 0.791. The van der Waals surface area contributed by atoms with Crippen molar-refractivity contribution in [1.29, 1.82) is 0 Å². The minimum atomic E-state index is 0.544. The molecule has 1 fully saturated rings. The summed E-state index contributed by atoms with van der Waals surface area (Å²) < 4.78 is 9.58. The van der Waals surface area contributed by atoms with E-state index in [-0.39, 0.29) is 0 Å². The molecule has 1 aromatic rings. The lowest BCUT2D eigenvalue weighted by Crippen LogP contribution is -2.29. The molecule has 0 aromatic carbocycles. The zero-order valence-corrected chi connectivity index (χ0v) is 9.92. The lowest BCUT2D eigenvalue weighted by atomic mass is 10.1. The van der Waals surface area contributed by atoms with E-state index in [1.54, 1.807) is 0 Å². The van der Waals surface area contributed by atoms with E-state index >= 15 is 0 Å². The van der Waals surface area contributed by atoms with Gasteiger partial charge < -0.3 is 9.64 Å². The Kier molecular flexibility index (Phi) is 3.77. The van der Waals surface area contributed by atoms with Crippen LogP contribution in [0.2, 0.25) is 0 Å². The molecule has 0 bridgehead atoms. The van der Waals surface area contributed by atoms with Crippen molar-refractivity contribution in [3.8, 4) is 6.01 Å². The minimum absolute atomic E-state index is 0.544. The van der Waals surface area contributed by atoms with E-state index in [0.29, 0.717) is 12.6 Å². The summed E-state index contributed by atoms with van der Waals surface area (Å²) in [6, 6.07) is 0.544. The van der Waals surface area contributed by atoms with Gasteiger partial charge in [0.25, 0.3) is 0 Å². The van der Waals surface area contributed by atoms with Gasteiger partial charge in [0, 0.05) is 24.6 Å². The van der Waals surface area contributed by atoms with Crippen LogP contribution in [0.5, 0.6) is 6.01 Å². The summed E-state index contributed by atoms with van der Waals surface area (Å²) >= 11 is 1.45. The zero-order chi connectivity index (χ0) is 10.5. The van der Waals surface area contributed by atoms with Crippen LogP contribution < -0.4 is 9.64 Å². The van der Waals surface area contributed by atoms with Crippen LogP contribution in [0, 0.1) is 0 Å². The third-order valence-corrected chi connectivity index (χ3v) is 3.22. The van der Waals surface area contributed by atoms with Gasteiger partial charge in [-0.25, -0.2) is 0 Å². The summed E-state index contributed by atoms with van der Waals surface area (Å²) in [6.45, 7) is 5.01. The summed E-state index contributed by atoms with van der Waals surface area (Å²) in [6.07, 6.45) is 4.88. The van der Waals surface area contributed by atoms with E-state index in [4.69, 9.17) is 4.74 Å². The summed E-state index contributed by atoms with van der Waals surface area (Å²) in [7, 11) is 0. The highest BCUT2D eigenvalue weighted by Gasteiger charge is 2.15. The molecular formula is C10H17N3OS. The fourth-order valence-electron chi connectivity index (χ4n) is 1.67. The van der Waals surface area contributed by atoms with E-state index in [0.717, 1.165) is 24.6 Å². The van der Waals surface area contributed by atoms with Crippen molar-refractivity contribution in [3.63, 3.8) is 0 Å². The van der Waals surface area contributed by atoms with Gasteiger partial charge in [-0.15, -0.1) is 4.37 Å². The van der Waals surface area contributed by atoms with Gasteiger partial charge in [0.2, 0.25) is 5.13 Å². The van der Waals surface area contributed by atoms with Gasteiger partial charge in [0.15, 0.2) is 0 Å². The molecule has 1 aromatic heterocycles. The maximum Gasteiger partial charge on any atom is 0.330 e. The summed E-state index contributed by atoms with van der Waals surface area (Å²) in [5, 5.41) is 1.01. The molecule has 0 unspecified atom stereocenters. The molecule has 0 atom stereocenters. The second-order valence-corrected chi connectivity index (χ2v) is 4.49. The molecule has 0 spiro atoms. The van der Waals surface area contributed by atoms with Gasteiger partial charge in [-0.2, -0.15) is 4.98 Å². The predicted octanol–water partition coefficient (Wildman–Crippen LogP) is 2.32. The first-order valence-corrected chi connectivity index (χ1v) is 6.39. The Bertz CT molecular complexity index is 297. The van der Waals surface area contributed by atoms with Crippen molar-refractivity contribution in [3.05, 3.63) is 0 Å². The Hall–Kier alpha value is -0.840. The van der Waals surface area contributed by atoms with Crippen LogP contribution in [0.25, 0.3) is 0 Å². The molecule has 0 amide bonds. The number of rotatable bonds is 4. The van der Waals surface area contributed by atoms with Crippen molar-refractivity contribution in [1.82, 2.24) is 9.36 Å². The van der Waals surface area contributed by atoms with E-state index in [2.05, 4.69) is 21.2 Å². The number of hydrogen-bond donors (Lipinski definition) is 0. The number of piperidine rings is 1. The largest absolute Gasteiger partial charge is 0.463 e. The standard InChI is InChI=1S/C10H17N3OS/c1-2-8-14-9-11-10(15-12-9)13-6-4-3-5-7-13/h2-8H2,1H3. The normalized spacial score (nSPS) is 16.7. The van der Waals surface area contributed by atoms with E-state index in [1.807, 2.05) is 0 Å². The lowest BCUT2D eigenvalue weighted by Gasteiger charge is -2.25. The van der Waals surface area contributed by atoms with Crippen LogP contribution in [0.1, 0.15) is 32.6 Å². The van der Waals surface area contributed by atoms with Gasteiger partial charge >= 0.3 is 6.01 Å². The van der Waals surface area contributed by atoms with Crippen LogP contribution in [-0.2, 0) is 0 Å². The number of anilines is 1. The fraction of sp³-hybridized carbons (Fsp3) is 0.800. The first-order valence-electron chi connectivity index (χ1n) is 5.61. The molecule has 1 aliphatic rings. The van der Waals surface area contributed by atoms with Gasteiger partial charge in [0.1, 0.15) is 0 Å². The summed E-state index contributed by atoms with van der Waals surface area (Å²) in [5.74, 6) is 0. The van der Waals surface area contributed by atoms with Crippen LogP contribution in [0.15, 0.2) is 0 Å². The monoisotopic (exact) mass is 227 g/mol. The molecule has 2 heterocycles. The minimum Gasteiger partial charge on any atom is -0.463 e. The number of aromatic nitrogens is 2. The molecule has 1 saturated heterocycles. The third-order valence-electron chi connectivity index (χ3n) is 2.46. The molecule has 2 rings (SSSR count). The molecule has 0 N–H and O–H groups in total. The first kappa shape index (κ1) is 10.7. The maximum atomic E-state index is 5.39. The van der Waals surface area contributed by atoms with Crippen LogP contribution >= 0.6 is 11.5 Å². The molecule has 15 heavy (non-hydrogen) atoms. The predicted molar refractivity (Wildman–Crippen MR) is 61.8 cm³/mol. The van der Waals surface area contributed by atoms with Gasteiger partial charge in [-0.05, 0) is 25.7 Å². The van der Waals surface area contributed by atoms with Crippen molar-refractivity contribution >= 4 is 16.7 Å². The number of nitrogens with zero attached hydrogens (tertiary/aromatic N) is 3. The Balaban J connectivity index is 1.93. The van der Waals surface area contributed by atoms with E-state index < -0.39 is 0 Å². The third kappa shape index (κ3) is 2.81. The highest BCUT2D eigenvalue weighted by Crippen LogP contribution is 2.24. The van der Waals surface area contributed by atoms with Crippen LogP contribution in [0.3, 0.4) is 0 Å². The molecule has 84 valence electrons. The van der Waals surface area contributed by atoms with Crippen LogP contribution in [-0.4, -0.2) is 29.1 Å². The SMILES string of the molecule is CCCOc1nsc(N2CCCCC2)n1. The average Bonchev–Trinajstić information content (AvgIpc) is 2.76. The number of hydrogen-bond acceptors (Lipinski definition) is 5. The molecule has 5 heteroatoms. The van der Waals surface area contributed by atoms with Gasteiger partial charge in [0.05, 0.1) is 6.61 Å². The highest BCUT2D eigenvalue weighted by atomic mass is 32.1. The van der Waals surface area contributed by atoms with E-state index in [1.165, 1.54) is 30.8 Å². The van der Waals surface area contributed by atoms with Crippen molar-refractivity contribution in [2.75, 3.05) is 24.6 Å². The van der Waals surface area contributed by atoms with Gasteiger partial charge in [-0.3, -0.25) is 0 Å². The maximum absolute atomic E-state index is 5.39. The second kappa shape index (κ2) is 5.30. The van der Waals surface area contributed by atoms with Crippen molar-refractivity contribution in [2.45, 2.75) is 32.6 Å². The molecule has 0 aliphatic carbocycles. The number of ether oxygens (including phenoxy) is 1. The topological polar surface area (TPSA) is 38.2 Å². The van der Waals surface area contributed by atoms with Crippen LogP contribution in [0.4, 0.5) is 5.13 Å². The highest BCUT2D eigenvalue weighted by molar-refractivity contribution is 7.09. The zero-order valence-electron chi connectivity index (χ0n) is 9.11. The van der Waals surface area contributed by atoms with E-state index in [9.17, 15) is 0 Å².